The SMILES string of the molecule is c1ccc2cc(-c3c4ccccc4c(-c4ccc5c(ccc6ccccc65)c4)c4ccccc34)c(-c3ccccc3)cc2c#1. The van der Waals surface area contributed by atoms with Crippen LogP contribution in [0.1, 0.15) is 0 Å². The summed E-state index contributed by atoms with van der Waals surface area (Å²) in [6, 6.07) is 63.9. The van der Waals surface area contributed by atoms with Crippen LogP contribution in [0.5, 0.6) is 0 Å². The standard InChI is InChI=1S/C44H26/c1-2-12-29(13-3-1)41-27-31-15-4-5-16-32(31)28-42(41)44-39-20-10-8-18-37(39)43(38-19-9-11-21-40(38)44)34-24-25-36-33(26-34)23-22-30-14-6-7-17-35(30)36/h1-3,5-14,16-28H. The molecule has 9 aromatic carbocycles. The number of fused-ring (bicyclic) bond motifs is 6. The van der Waals surface area contributed by atoms with Crippen molar-refractivity contribution in [2.75, 3.05) is 0 Å². The van der Waals surface area contributed by atoms with E-state index in [2.05, 4.69) is 164 Å². The molecule has 0 unspecified atom stereocenters. The molecule has 0 spiro atoms. The maximum Gasteiger partial charge on any atom is 0.0328 e. The minimum Gasteiger partial charge on any atom is -0.0696 e. The zero-order valence-corrected chi connectivity index (χ0v) is 24.0. The van der Waals surface area contributed by atoms with Gasteiger partial charge in [-0.2, -0.15) is 0 Å². The second kappa shape index (κ2) is 9.84. The minimum absolute atomic E-state index is 1.07. The fraction of sp³-hybridized carbons (Fsp3) is 0. The summed E-state index contributed by atoms with van der Waals surface area (Å²) in [5, 5.41) is 12.4. The Morgan fingerprint density at radius 2 is 0.955 bits per heavy atom. The van der Waals surface area contributed by atoms with Crippen molar-refractivity contribution >= 4 is 53.9 Å². The van der Waals surface area contributed by atoms with Crippen molar-refractivity contribution in [2.45, 2.75) is 0 Å². The Kier molecular flexibility index (Phi) is 5.52. The van der Waals surface area contributed by atoms with E-state index in [9.17, 15) is 0 Å². The number of hydrogen-bond acceptors (Lipinski definition) is 0. The molecule has 0 heteroatoms. The van der Waals surface area contributed by atoms with Crippen LogP contribution in [0.4, 0.5) is 0 Å². The summed E-state index contributed by atoms with van der Waals surface area (Å²) in [7, 11) is 0. The van der Waals surface area contributed by atoms with Crippen molar-refractivity contribution < 1.29 is 0 Å². The molecular formula is C44H26. The molecule has 0 aliphatic rings. The van der Waals surface area contributed by atoms with E-state index >= 15 is 0 Å². The quantitative estimate of drug-likeness (QED) is 0.150. The summed E-state index contributed by atoms with van der Waals surface area (Å²) in [6.45, 7) is 0. The Balaban J connectivity index is 1.39. The molecule has 0 nitrogen and oxygen atoms in total. The normalized spacial score (nSPS) is 11.5. The lowest BCUT2D eigenvalue weighted by atomic mass is 9.83. The second-order valence-corrected chi connectivity index (χ2v) is 11.5. The number of benzene rings is 8. The molecule has 0 heterocycles. The maximum absolute atomic E-state index is 3.35. The first kappa shape index (κ1) is 24.7. The van der Waals surface area contributed by atoms with Gasteiger partial charge in [-0.1, -0.05) is 140 Å². The van der Waals surface area contributed by atoms with Gasteiger partial charge < -0.3 is 0 Å². The van der Waals surface area contributed by atoms with Gasteiger partial charge in [0.15, 0.2) is 0 Å². The molecule has 0 bridgehead atoms. The van der Waals surface area contributed by atoms with E-state index in [-0.39, 0.29) is 0 Å². The lowest BCUT2D eigenvalue weighted by molar-refractivity contribution is 1.63. The van der Waals surface area contributed by atoms with Gasteiger partial charge >= 0.3 is 0 Å². The Morgan fingerprint density at radius 1 is 0.341 bits per heavy atom. The van der Waals surface area contributed by atoms with Gasteiger partial charge in [0.05, 0.1) is 0 Å². The number of hydrogen-bond donors (Lipinski definition) is 0. The highest BCUT2D eigenvalue weighted by atomic mass is 14.2. The van der Waals surface area contributed by atoms with Crippen LogP contribution in [-0.4, -0.2) is 0 Å². The lowest BCUT2D eigenvalue weighted by Gasteiger charge is -2.20. The molecule has 9 rings (SSSR count). The first-order valence-corrected chi connectivity index (χ1v) is 15.1. The predicted octanol–water partition coefficient (Wildman–Crippen LogP) is 12.1. The third-order valence-corrected chi connectivity index (χ3v) is 9.06. The van der Waals surface area contributed by atoms with Crippen molar-refractivity contribution in [2.24, 2.45) is 0 Å². The molecule has 0 atom stereocenters. The third kappa shape index (κ3) is 3.81. The summed E-state index contributed by atoms with van der Waals surface area (Å²) < 4.78 is 0. The van der Waals surface area contributed by atoms with E-state index in [1.54, 1.807) is 0 Å². The second-order valence-electron chi connectivity index (χ2n) is 11.5. The van der Waals surface area contributed by atoms with E-state index < -0.39 is 0 Å². The van der Waals surface area contributed by atoms with Crippen LogP contribution in [0.25, 0.3) is 87.2 Å². The lowest BCUT2D eigenvalue weighted by Crippen LogP contribution is -1.93. The largest absolute Gasteiger partial charge is 0.0696 e. The Bertz CT molecular complexity index is 2480. The van der Waals surface area contributed by atoms with Crippen LogP contribution in [0, 0.1) is 12.1 Å². The monoisotopic (exact) mass is 554 g/mol. The van der Waals surface area contributed by atoms with Crippen molar-refractivity contribution in [1.29, 1.82) is 0 Å². The van der Waals surface area contributed by atoms with Crippen LogP contribution in [0.3, 0.4) is 0 Å². The van der Waals surface area contributed by atoms with E-state index in [1.165, 1.54) is 76.5 Å². The van der Waals surface area contributed by atoms with Crippen LogP contribution in [-0.2, 0) is 0 Å². The van der Waals surface area contributed by atoms with Gasteiger partial charge in [-0.05, 0) is 112 Å². The van der Waals surface area contributed by atoms with Crippen LogP contribution < -0.4 is 0 Å². The van der Waals surface area contributed by atoms with Crippen LogP contribution in [0.15, 0.2) is 158 Å². The Labute approximate surface area is 256 Å². The Morgan fingerprint density at radius 3 is 1.70 bits per heavy atom. The smallest absolute Gasteiger partial charge is 0.0328 e. The van der Waals surface area contributed by atoms with Crippen molar-refractivity contribution in [3.8, 4) is 33.4 Å². The summed E-state index contributed by atoms with van der Waals surface area (Å²) >= 11 is 0. The van der Waals surface area contributed by atoms with Gasteiger partial charge in [-0.25, -0.2) is 0 Å². The molecule has 9 aromatic rings. The minimum atomic E-state index is 1.07. The zero-order chi connectivity index (χ0) is 29.0. The van der Waals surface area contributed by atoms with E-state index in [1.807, 2.05) is 6.07 Å². The van der Waals surface area contributed by atoms with Gasteiger partial charge in [0.2, 0.25) is 0 Å². The molecule has 0 saturated carbocycles. The predicted molar refractivity (Wildman–Crippen MR) is 188 cm³/mol. The van der Waals surface area contributed by atoms with E-state index in [4.69, 9.17) is 0 Å². The van der Waals surface area contributed by atoms with Gasteiger partial charge in [0.25, 0.3) is 0 Å². The van der Waals surface area contributed by atoms with Crippen molar-refractivity contribution in [1.82, 2.24) is 0 Å². The zero-order valence-electron chi connectivity index (χ0n) is 24.0. The summed E-state index contributed by atoms with van der Waals surface area (Å²) in [6.07, 6.45) is 0. The molecule has 0 aliphatic carbocycles. The Hall–Kier alpha value is -5.90. The van der Waals surface area contributed by atoms with Gasteiger partial charge in [-0.15, -0.1) is 0 Å². The third-order valence-electron chi connectivity index (χ3n) is 9.06. The highest BCUT2D eigenvalue weighted by Crippen LogP contribution is 2.47. The van der Waals surface area contributed by atoms with Crippen molar-refractivity contribution in [3.05, 3.63) is 170 Å². The van der Waals surface area contributed by atoms with Crippen LogP contribution >= 0.6 is 0 Å². The molecule has 0 saturated heterocycles. The highest BCUT2D eigenvalue weighted by Gasteiger charge is 2.20. The average molecular weight is 555 g/mol. The molecule has 0 amide bonds. The molecule has 0 aromatic heterocycles. The molecular weight excluding hydrogens is 528 g/mol. The first-order chi connectivity index (χ1) is 21.8. The topological polar surface area (TPSA) is 0 Å². The number of rotatable bonds is 3. The molecule has 0 aliphatic heterocycles. The van der Waals surface area contributed by atoms with Gasteiger partial charge in [0, 0.05) is 5.39 Å². The fourth-order valence-electron chi connectivity index (χ4n) is 7.08. The van der Waals surface area contributed by atoms with Crippen molar-refractivity contribution in [3.63, 3.8) is 0 Å². The van der Waals surface area contributed by atoms with E-state index in [0.29, 0.717) is 0 Å². The molecule has 202 valence electrons. The summed E-state index contributed by atoms with van der Waals surface area (Å²) in [5.74, 6) is 0. The van der Waals surface area contributed by atoms with Gasteiger partial charge in [0.1, 0.15) is 0 Å². The molecule has 0 radical (unpaired) electrons. The fourth-order valence-corrected chi connectivity index (χ4v) is 7.08. The average Bonchev–Trinajstić information content (AvgIpc) is 3.10. The molecule has 0 N–H and O–H groups in total. The molecule has 0 fully saturated rings. The maximum atomic E-state index is 3.35. The summed E-state index contributed by atoms with van der Waals surface area (Å²) in [5.41, 5.74) is 7.40. The summed E-state index contributed by atoms with van der Waals surface area (Å²) in [4.78, 5) is 0. The molecule has 44 heavy (non-hydrogen) atoms. The highest BCUT2D eigenvalue weighted by molar-refractivity contribution is 6.23. The van der Waals surface area contributed by atoms with Crippen LogP contribution in [0.2, 0.25) is 0 Å². The van der Waals surface area contributed by atoms with Gasteiger partial charge in [-0.3, -0.25) is 0 Å². The van der Waals surface area contributed by atoms with E-state index in [0.717, 1.165) is 10.8 Å². The first-order valence-electron chi connectivity index (χ1n) is 15.1.